The standard InChI is InChI=1S/C21H20FNO2S/c1-21(2,3)16-8-4-15(5-9-16)13-23-19(24)18(26-20(23)25)12-14-6-10-17(22)11-7-14/h4-12H,13H2,1-3H3. The summed E-state index contributed by atoms with van der Waals surface area (Å²) in [5, 5.41) is -0.289. The molecule has 0 aromatic heterocycles. The van der Waals surface area contributed by atoms with Crippen molar-refractivity contribution in [3.8, 4) is 0 Å². The molecule has 0 N–H and O–H groups in total. The summed E-state index contributed by atoms with van der Waals surface area (Å²) in [6.07, 6.45) is 1.62. The molecule has 0 atom stereocenters. The first kappa shape index (κ1) is 18.4. The van der Waals surface area contributed by atoms with Gasteiger partial charge in [-0.3, -0.25) is 14.5 Å². The number of nitrogens with zero attached hydrogens (tertiary/aromatic N) is 1. The monoisotopic (exact) mass is 369 g/mol. The Morgan fingerprint density at radius 1 is 1.00 bits per heavy atom. The van der Waals surface area contributed by atoms with Crippen LogP contribution >= 0.6 is 11.8 Å². The third kappa shape index (κ3) is 4.05. The predicted octanol–water partition coefficient (Wildman–Crippen LogP) is 5.36. The van der Waals surface area contributed by atoms with E-state index in [1.54, 1.807) is 18.2 Å². The van der Waals surface area contributed by atoms with Gasteiger partial charge in [-0.05, 0) is 52.1 Å². The highest BCUT2D eigenvalue weighted by Gasteiger charge is 2.35. The maximum Gasteiger partial charge on any atom is 0.293 e. The van der Waals surface area contributed by atoms with E-state index < -0.39 is 0 Å². The maximum absolute atomic E-state index is 13.0. The number of amides is 2. The van der Waals surface area contributed by atoms with Gasteiger partial charge < -0.3 is 0 Å². The Kier molecular flexibility index (Phi) is 5.01. The normalized spacial score (nSPS) is 16.6. The van der Waals surface area contributed by atoms with Gasteiger partial charge in [-0.25, -0.2) is 4.39 Å². The molecule has 0 radical (unpaired) electrons. The summed E-state index contributed by atoms with van der Waals surface area (Å²) in [7, 11) is 0. The molecule has 3 nitrogen and oxygen atoms in total. The molecule has 3 rings (SSSR count). The summed E-state index contributed by atoms with van der Waals surface area (Å²) in [6, 6.07) is 13.8. The predicted molar refractivity (Wildman–Crippen MR) is 103 cm³/mol. The van der Waals surface area contributed by atoms with Gasteiger partial charge in [-0.2, -0.15) is 0 Å². The van der Waals surface area contributed by atoms with Crippen molar-refractivity contribution in [3.63, 3.8) is 0 Å². The third-order valence-corrected chi connectivity index (χ3v) is 5.11. The first-order valence-corrected chi connectivity index (χ1v) is 9.16. The molecular weight excluding hydrogens is 349 g/mol. The minimum Gasteiger partial charge on any atom is -0.268 e. The molecule has 2 aromatic carbocycles. The Balaban J connectivity index is 1.76. The van der Waals surface area contributed by atoms with E-state index in [1.807, 2.05) is 24.3 Å². The molecule has 1 aliphatic rings. The van der Waals surface area contributed by atoms with Crippen LogP contribution in [-0.4, -0.2) is 16.0 Å². The highest BCUT2D eigenvalue weighted by atomic mass is 32.2. The number of carbonyl (C=O) groups excluding carboxylic acids is 2. The van der Waals surface area contributed by atoms with Gasteiger partial charge in [0.15, 0.2) is 0 Å². The summed E-state index contributed by atoms with van der Waals surface area (Å²) in [4.78, 5) is 26.4. The molecule has 5 heteroatoms. The molecule has 1 heterocycles. The molecule has 0 bridgehead atoms. The van der Waals surface area contributed by atoms with Gasteiger partial charge in [0.2, 0.25) is 0 Å². The Labute approximate surface area is 156 Å². The summed E-state index contributed by atoms with van der Waals surface area (Å²) < 4.78 is 13.0. The lowest BCUT2D eigenvalue weighted by molar-refractivity contribution is -0.123. The first-order chi connectivity index (χ1) is 12.2. The van der Waals surface area contributed by atoms with Crippen LogP contribution in [-0.2, 0) is 16.8 Å². The number of thioether (sulfide) groups is 1. The lowest BCUT2D eigenvalue weighted by atomic mass is 9.87. The highest BCUT2D eigenvalue weighted by Crippen LogP contribution is 2.33. The van der Waals surface area contributed by atoms with Gasteiger partial charge in [0, 0.05) is 0 Å². The van der Waals surface area contributed by atoms with Crippen LogP contribution in [0.15, 0.2) is 53.4 Å². The Bertz CT molecular complexity index is 864. The molecule has 1 aliphatic heterocycles. The maximum atomic E-state index is 13.0. The number of rotatable bonds is 3. The van der Waals surface area contributed by atoms with Crippen molar-refractivity contribution in [2.24, 2.45) is 0 Å². The van der Waals surface area contributed by atoms with Crippen LogP contribution < -0.4 is 0 Å². The fraction of sp³-hybridized carbons (Fsp3) is 0.238. The summed E-state index contributed by atoms with van der Waals surface area (Å²) in [6.45, 7) is 6.66. The second kappa shape index (κ2) is 7.08. The summed E-state index contributed by atoms with van der Waals surface area (Å²) in [5.74, 6) is -0.654. The van der Waals surface area contributed by atoms with E-state index in [0.29, 0.717) is 10.5 Å². The van der Waals surface area contributed by atoms with E-state index in [9.17, 15) is 14.0 Å². The molecule has 26 heavy (non-hydrogen) atoms. The largest absolute Gasteiger partial charge is 0.293 e. The van der Waals surface area contributed by atoms with E-state index in [1.165, 1.54) is 22.6 Å². The number of benzene rings is 2. The fourth-order valence-electron chi connectivity index (χ4n) is 2.64. The molecule has 134 valence electrons. The zero-order valence-corrected chi connectivity index (χ0v) is 15.8. The Morgan fingerprint density at radius 3 is 2.19 bits per heavy atom. The van der Waals surface area contributed by atoms with Crippen molar-refractivity contribution >= 4 is 29.0 Å². The molecule has 2 amide bonds. The SMILES string of the molecule is CC(C)(C)c1ccc(CN2C(=O)SC(=Cc3ccc(F)cc3)C2=O)cc1. The van der Waals surface area contributed by atoms with Crippen LogP contribution in [0.1, 0.15) is 37.5 Å². The van der Waals surface area contributed by atoms with Crippen LogP contribution in [0.2, 0.25) is 0 Å². The van der Waals surface area contributed by atoms with Crippen molar-refractivity contribution in [2.75, 3.05) is 0 Å². The topological polar surface area (TPSA) is 37.4 Å². The molecular formula is C21H20FNO2S. The third-order valence-electron chi connectivity index (χ3n) is 4.20. The lowest BCUT2D eigenvalue weighted by Gasteiger charge is -2.20. The minimum absolute atomic E-state index is 0.0543. The van der Waals surface area contributed by atoms with E-state index in [-0.39, 0.29) is 28.9 Å². The van der Waals surface area contributed by atoms with Gasteiger partial charge in [-0.15, -0.1) is 0 Å². The molecule has 1 fully saturated rings. The van der Waals surface area contributed by atoms with Gasteiger partial charge in [0.25, 0.3) is 11.1 Å². The van der Waals surface area contributed by atoms with Crippen molar-refractivity contribution < 1.29 is 14.0 Å². The van der Waals surface area contributed by atoms with E-state index in [2.05, 4.69) is 20.8 Å². The van der Waals surface area contributed by atoms with Crippen LogP contribution in [0.3, 0.4) is 0 Å². The molecule has 0 aliphatic carbocycles. The van der Waals surface area contributed by atoms with Gasteiger partial charge in [0.1, 0.15) is 5.82 Å². The smallest absolute Gasteiger partial charge is 0.268 e. The first-order valence-electron chi connectivity index (χ1n) is 8.34. The second-order valence-corrected chi connectivity index (χ2v) is 8.26. The number of imide groups is 1. The lowest BCUT2D eigenvalue weighted by Crippen LogP contribution is -2.27. The Hall–Kier alpha value is -2.40. The zero-order chi connectivity index (χ0) is 18.9. The van der Waals surface area contributed by atoms with Crippen LogP contribution in [0.5, 0.6) is 0 Å². The summed E-state index contributed by atoms with van der Waals surface area (Å²) >= 11 is 0.912. The Morgan fingerprint density at radius 2 is 1.62 bits per heavy atom. The average molecular weight is 369 g/mol. The van der Waals surface area contributed by atoms with Crippen LogP contribution in [0.25, 0.3) is 6.08 Å². The fourth-order valence-corrected chi connectivity index (χ4v) is 3.48. The second-order valence-electron chi connectivity index (χ2n) is 7.27. The van der Waals surface area contributed by atoms with Gasteiger partial charge in [0.05, 0.1) is 11.4 Å². The van der Waals surface area contributed by atoms with E-state index in [0.717, 1.165) is 17.3 Å². The number of halogens is 1. The van der Waals surface area contributed by atoms with Gasteiger partial charge in [-0.1, -0.05) is 57.2 Å². The van der Waals surface area contributed by atoms with Crippen molar-refractivity contribution in [3.05, 3.63) is 75.9 Å². The minimum atomic E-state index is -0.339. The summed E-state index contributed by atoms with van der Waals surface area (Å²) in [5.41, 5.74) is 2.85. The van der Waals surface area contributed by atoms with Gasteiger partial charge >= 0.3 is 0 Å². The number of hydrogen-bond donors (Lipinski definition) is 0. The zero-order valence-electron chi connectivity index (χ0n) is 15.0. The van der Waals surface area contributed by atoms with Crippen LogP contribution in [0.4, 0.5) is 9.18 Å². The van der Waals surface area contributed by atoms with Crippen LogP contribution in [0, 0.1) is 5.82 Å². The number of carbonyl (C=O) groups is 2. The molecule has 0 unspecified atom stereocenters. The van der Waals surface area contributed by atoms with E-state index >= 15 is 0 Å². The quantitative estimate of drug-likeness (QED) is 0.684. The average Bonchev–Trinajstić information content (AvgIpc) is 2.84. The molecule has 2 aromatic rings. The highest BCUT2D eigenvalue weighted by molar-refractivity contribution is 8.18. The molecule has 1 saturated heterocycles. The molecule has 0 saturated carbocycles. The van der Waals surface area contributed by atoms with Crippen molar-refractivity contribution in [1.29, 1.82) is 0 Å². The number of hydrogen-bond acceptors (Lipinski definition) is 3. The van der Waals surface area contributed by atoms with Crippen molar-refractivity contribution in [1.82, 2.24) is 4.90 Å². The molecule has 0 spiro atoms. The van der Waals surface area contributed by atoms with Crippen molar-refractivity contribution in [2.45, 2.75) is 32.7 Å². The van der Waals surface area contributed by atoms with E-state index in [4.69, 9.17) is 0 Å².